The number of aryl methyl sites for hydroxylation is 2. The smallest absolute Gasteiger partial charge is 0.254 e. The first-order chi connectivity index (χ1) is 11.9. The molecule has 0 spiro atoms. The average molecular weight is 359 g/mol. The van der Waals surface area contributed by atoms with Crippen LogP contribution in [0.1, 0.15) is 11.5 Å². The van der Waals surface area contributed by atoms with Gasteiger partial charge >= 0.3 is 0 Å². The van der Waals surface area contributed by atoms with Crippen molar-refractivity contribution < 1.29 is 9.32 Å². The fourth-order valence-electron chi connectivity index (χ4n) is 2.37. The Kier molecular flexibility index (Phi) is 4.67. The molecule has 0 fully saturated rings. The zero-order chi connectivity index (χ0) is 18.0. The number of hydrogen-bond donors (Lipinski definition) is 1. The van der Waals surface area contributed by atoms with Crippen molar-refractivity contribution in [2.24, 2.45) is 0 Å². The highest BCUT2D eigenvalue weighted by Crippen LogP contribution is 2.20. The molecular weight excluding hydrogens is 344 g/mol. The summed E-state index contributed by atoms with van der Waals surface area (Å²) in [4.78, 5) is 29.1. The summed E-state index contributed by atoms with van der Waals surface area (Å²) in [6, 6.07) is 9.92. The van der Waals surface area contributed by atoms with Crippen LogP contribution in [0.3, 0.4) is 0 Å². The standard InChI is InChI=1S/C17H15ClN4O3/c1-10-6-16(24)22(9-15(23)20-14-7-11(2)25-21-14)17(19-10)12-4-3-5-13(18)8-12/h3-8H,9H2,1-2H3,(H,20,21,23). The fourth-order valence-corrected chi connectivity index (χ4v) is 2.56. The predicted molar refractivity (Wildman–Crippen MR) is 93.5 cm³/mol. The molecule has 0 saturated carbocycles. The summed E-state index contributed by atoms with van der Waals surface area (Å²) in [6.07, 6.45) is 0. The fraction of sp³-hybridized carbons (Fsp3) is 0.176. The predicted octanol–water partition coefficient (Wildman–Crippen LogP) is 2.81. The summed E-state index contributed by atoms with van der Waals surface area (Å²) in [5, 5.41) is 6.80. The van der Waals surface area contributed by atoms with E-state index in [-0.39, 0.29) is 12.1 Å². The normalized spacial score (nSPS) is 10.7. The van der Waals surface area contributed by atoms with E-state index in [9.17, 15) is 9.59 Å². The maximum atomic E-state index is 12.4. The minimum Gasteiger partial charge on any atom is -0.360 e. The molecule has 0 aliphatic carbocycles. The van der Waals surface area contributed by atoms with Gasteiger partial charge in [-0.3, -0.25) is 14.2 Å². The van der Waals surface area contributed by atoms with Crippen LogP contribution in [0.25, 0.3) is 11.4 Å². The molecule has 3 rings (SSSR count). The number of rotatable bonds is 4. The zero-order valence-corrected chi connectivity index (χ0v) is 14.4. The van der Waals surface area contributed by atoms with Crippen LogP contribution in [0.15, 0.2) is 45.7 Å². The molecule has 0 bridgehead atoms. The minimum absolute atomic E-state index is 0.208. The van der Waals surface area contributed by atoms with Gasteiger partial charge in [0, 0.05) is 28.4 Å². The maximum Gasteiger partial charge on any atom is 0.254 e. The van der Waals surface area contributed by atoms with Crippen molar-refractivity contribution >= 4 is 23.3 Å². The lowest BCUT2D eigenvalue weighted by Crippen LogP contribution is -2.29. The third-order valence-corrected chi connectivity index (χ3v) is 3.65. The van der Waals surface area contributed by atoms with Gasteiger partial charge in [-0.25, -0.2) is 4.98 Å². The van der Waals surface area contributed by atoms with Crippen LogP contribution in [-0.2, 0) is 11.3 Å². The van der Waals surface area contributed by atoms with Gasteiger partial charge in [0.1, 0.15) is 18.1 Å². The van der Waals surface area contributed by atoms with Crippen LogP contribution >= 0.6 is 11.6 Å². The van der Waals surface area contributed by atoms with Crippen molar-refractivity contribution in [3.05, 3.63) is 63.2 Å². The monoisotopic (exact) mass is 358 g/mol. The number of nitrogens with one attached hydrogen (secondary N) is 1. The average Bonchev–Trinajstić information content (AvgIpc) is 2.94. The van der Waals surface area contributed by atoms with E-state index < -0.39 is 5.91 Å². The SMILES string of the molecule is Cc1cc(=O)n(CC(=O)Nc2cc(C)on2)c(-c2cccc(Cl)c2)n1. The molecule has 25 heavy (non-hydrogen) atoms. The topological polar surface area (TPSA) is 90.0 Å². The summed E-state index contributed by atoms with van der Waals surface area (Å²) in [5.41, 5.74) is 0.885. The van der Waals surface area contributed by atoms with E-state index in [0.717, 1.165) is 0 Å². The molecular formula is C17H15ClN4O3. The molecule has 1 aromatic carbocycles. The third-order valence-electron chi connectivity index (χ3n) is 3.42. The summed E-state index contributed by atoms with van der Waals surface area (Å²) >= 11 is 6.03. The van der Waals surface area contributed by atoms with E-state index in [1.165, 1.54) is 10.6 Å². The van der Waals surface area contributed by atoms with Crippen LogP contribution < -0.4 is 10.9 Å². The van der Waals surface area contributed by atoms with Gasteiger partial charge in [0.05, 0.1) is 0 Å². The number of aromatic nitrogens is 3. The number of carbonyl (C=O) groups excluding carboxylic acids is 1. The number of carbonyl (C=O) groups is 1. The largest absolute Gasteiger partial charge is 0.360 e. The lowest BCUT2D eigenvalue weighted by molar-refractivity contribution is -0.116. The highest BCUT2D eigenvalue weighted by molar-refractivity contribution is 6.30. The van der Waals surface area contributed by atoms with Gasteiger partial charge in [-0.15, -0.1) is 0 Å². The van der Waals surface area contributed by atoms with Gasteiger partial charge in [0.2, 0.25) is 5.91 Å². The first kappa shape index (κ1) is 16.9. The Morgan fingerprint density at radius 2 is 2.08 bits per heavy atom. The molecule has 0 radical (unpaired) electrons. The van der Waals surface area contributed by atoms with Crippen molar-refractivity contribution in [2.75, 3.05) is 5.32 Å². The number of nitrogens with zero attached hydrogens (tertiary/aromatic N) is 3. The molecule has 1 amide bonds. The Morgan fingerprint density at radius 3 is 2.76 bits per heavy atom. The first-order valence-electron chi connectivity index (χ1n) is 7.50. The van der Waals surface area contributed by atoms with Gasteiger partial charge in [-0.05, 0) is 26.0 Å². The Labute approximate surface area is 148 Å². The molecule has 3 aromatic rings. The van der Waals surface area contributed by atoms with E-state index in [4.69, 9.17) is 16.1 Å². The van der Waals surface area contributed by atoms with Gasteiger partial charge in [-0.2, -0.15) is 0 Å². The number of benzene rings is 1. The summed E-state index contributed by atoms with van der Waals surface area (Å²) < 4.78 is 6.19. The molecule has 7 nitrogen and oxygen atoms in total. The Balaban J connectivity index is 1.95. The van der Waals surface area contributed by atoms with Crippen molar-refractivity contribution in [3.63, 3.8) is 0 Å². The summed E-state index contributed by atoms with van der Waals surface area (Å²) in [5.74, 6) is 0.826. The highest BCUT2D eigenvalue weighted by Gasteiger charge is 2.14. The molecule has 0 atom stereocenters. The van der Waals surface area contributed by atoms with E-state index in [1.54, 1.807) is 44.2 Å². The molecule has 0 aliphatic heterocycles. The second kappa shape index (κ2) is 6.90. The Hall–Kier alpha value is -2.93. The van der Waals surface area contributed by atoms with E-state index in [1.807, 2.05) is 0 Å². The van der Waals surface area contributed by atoms with Gasteiger partial charge in [0.15, 0.2) is 5.82 Å². The highest BCUT2D eigenvalue weighted by atomic mass is 35.5. The Morgan fingerprint density at radius 1 is 1.28 bits per heavy atom. The summed E-state index contributed by atoms with van der Waals surface area (Å²) in [7, 11) is 0. The van der Waals surface area contributed by atoms with E-state index in [2.05, 4.69) is 15.5 Å². The second-order valence-electron chi connectivity index (χ2n) is 5.53. The van der Waals surface area contributed by atoms with Crippen LogP contribution in [-0.4, -0.2) is 20.6 Å². The molecule has 128 valence electrons. The number of anilines is 1. The molecule has 0 saturated heterocycles. The van der Waals surface area contributed by atoms with Gasteiger partial charge < -0.3 is 9.84 Å². The quantitative estimate of drug-likeness (QED) is 0.774. The number of amides is 1. The van der Waals surface area contributed by atoms with Crippen LogP contribution in [0.4, 0.5) is 5.82 Å². The van der Waals surface area contributed by atoms with Crippen LogP contribution in [0, 0.1) is 13.8 Å². The van der Waals surface area contributed by atoms with E-state index >= 15 is 0 Å². The minimum atomic E-state index is -0.413. The van der Waals surface area contributed by atoms with Crippen molar-refractivity contribution in [3.8, 4) is 11.4 Å². The van der Waals surface area contributed by atoms with E-state index in [0.29, 0.717) is 33.7 Å². The van der Waals surface area contributed by atoms with Crippen molar-refractivity contribution in [1.82, 2.24) is 14.7 Å². The molecule has 2 heterocycles. The van der Waals surface area contributed by atoms with Crippen LogP contribution in [0.5, 0.6) is 0 Å². The maximum absolute atomic E-state index is 12.4. The molecule has 2 aromatic heterocycles. The van der Waals surface area contributed by atoms with Crippen molar-refractivity contribution in [1.29, 1.82) is 0 Å². The molecule has 1 N–H and O–H groups in total. The molecule has 0 unspecified atom stereocenters. The lowest BCUT2D eigenvalue weighted by Gasteiger charge is -2.12. The Bertz CT molecular complexity index is 994. The number of halogens is 1. The van der Waals surface area contributed by atoms with Gasteiger partial charge in [0.25, 0.3) is 5.56 Å². The zero-order valence-electron chi connectivity index (χ0n) is 13.6. The first-order valence-corrected chi connectivity index (χ1v) is 7.88. The van der Waals surface area contributed by atoms with Crippen molar-refractivity contribution in [2.45, 2.75) is 20.4 Å². The molecule has 8 heteroatoms. The number of hydrogen-bond acceptors (Lipinski definition) is 5. The molecule has 0 aliphatic rings. The third kappa shape index (κ3) is 3.95. The second-order valence-corrected chi connectivity index (χ2v) is 5.96. The summed E-state index contributed by atoms with van der Waals surface area (Å²) in [6.45, 7) is 3.23. The lowest BCUT2D eigenvalue weighted by atomic mass is 10.2. The van der Waals surface area contributed by atoms with Crippen LogP contribution in [0.2, 0.25) is 5.02 Å². The van der Waals surface area contributed by atoms with Gasteiger partial charge in [-0.1, -0.05) is 28.9 Å².